The zero-order valence-electron chi connectivity index (χ0n) is 13.2. The Hall–Kier alpha value is -1.83. The highest BCUT2D eigenvalue weighted by atomic mass is 19.1. The predicted molar refractivity (Wildman–Crippen MR) is 83.2 cm³/mol. The van der Waals surface area contributed by atoms with Crippen molar-refractivity contribution in [2.45, 2.75) is 44.7 Å². The summed E-state index contributed by atoms with van der Waals surface area (Å²) in [7, 11) is 0. The number of hydrogen-bond acceptors (Lipinski definition) is 5. The van der Waals surface area contributed by atoms with E-state index in [1.807, 2.05) is 13.8 Å². The lowest BCUT2D eigenvalue weighted by Crippen LogP contribution is -2.48. The lowest BCUT2D eigenvalue weighted by atomic mass is 10.1. The lowest BCUT2D eigenvalue weighted by molar-refractivity contribution is 0.0737. The summed E-state index contributed by atoms with van der Waals surface area (Å²) >= 11 is 0. The average Bonchev–Trinajstić information content (AvgIpc) is 3.09. The summed E-state index contributed by atoms with van der Waals surface area (Å²) in [6, 6.07) is 6.35. The highest BCUT2D eigenvalue weighted by Crippen LogP contribution is 2.20. The van der Waals surface area contributed by atoms with Gasteiger partial charge in [0.2, 0.25) is 0 Å². The highest BCUT2D eigenvalue weighted by molar-refractivity contribution is 5.57. The standard InChI is InChI=1S/C16H21FN4O2/c1-10(2)18-16-14(22)9-23-15(16)8-21-7-13(19-20-21)11-4-3-5-12(17)6-11/h3-7,10,14-16,18,22H,8-9H2,1-2H3/t14-,15+,16+/m0/s1. The van der Waals surface area contributed by atoms with E-state index < -0.39 is 6.10 Å². The Morgan fingerprint density at radius 3 is 3.04 bits per heavy atom. The fourth-order valence-corrected chi connectivity index (χ4v) is 2.80. The molecule has 0 aliphatic carbocycles. The second-order valence-electron chi connectivity index (χ2n) is 6.12. The average molecular weight is 320 g/mol. The Bertz CT molecular complexity index is 661. The topological polar surface area (TPSA) is 72.2 Å². The van der Waals surface area contributed by atoms with Gasteiger partial charge in [0.15, 0.2) is 0 Å². The summed E-state index contributed by atoms with van der Waals surface area (Å²) in [6.07, 6.45) is 1.04. The van der Waals surface area contributed by atoms with E-state index in [9.17, 15) is 9.50 Å². The SMILES string of the molecule is CC(C)N[C@@H]1[C@@H](O)CO[C@@H]1Cn1cc(-c2cccc(F)c2)nn1. The number of aliphatic hydroxyl groups excluding tert-OH is 1. The Kier molecular flexibility index (Phi) is 4.70. The monoisotopic (exact) mass is 320 g/mol. The first kappa shape index (κ1) is 16.0. The minimum Gasteiger partial charge on any atom is -0.389 e. The second kappa shape index (κ2) is 6.74. The number of aliphatic hydroxyl groups is 1. The van der Waals surface area contributed by atoms with Crippen LogP contribution in [0.5, 0.6) is 0 Å². The van der Waals surface area contributed by atoms with Gasteiger partial charge < -0.3 is 15.2 Å². The van der Waals surface area contributed by atoms with Gasteiger partial charge in [-0.2, -0.15) is 0 Å². The Balaban J connectivity index is 1.71. The van der Waals surface area contributed by atoms with Crippen molar-refractivity contribution in [1.82, 2.24) is 20.3 Å². The van der Waals surface area contributed by atoms with Gasteiger partial charge in [0, 0.05) is 11.6 Å². The number of nitrogens with one attached hydrogen (secondary N) is 1. The van der Waals surface area contributed by atoms with Crippen LogP contribution in [0.15, 0.2) is 30.5 Å². The molecule has 2 N–H and O–H groups in total. The molecule has 0 bridgehead atoms. The van der Waals surface area contributed by atoms with Crippen LogP contribution >= 0.6 is 0 Å². The van der Waals surface area contributed by atoms with E-state index in [4.69, 9.17) is 4.74 Å². The Morgan fingerprint density at radius 2 is 2.30 bits per heavy atom. The second-order valence-corrected chi connectivity index (χ2v) is 6.12. The smallest absolute Gasteiger partial charge is 0.123 e. The molecule has 1 aromatic heterocycles. The molecule has 0 amide bonds. The van der Waals surface area contributed by atoms with E-state index in [2.05, 4.69) is 15.6 Å². The van der Waals surface area contributed by atoms with Gasteiger partial charge in [-0.3, -0.25) is 0 Å². The third-order valence-corrected chi connectivity index (χ3v) is 3.85. The molecule has 1 aliphatic rings. The van der Waals surface area contributed by atoms with Crippen molar-refractivity contribution >= 4 is 0 Å². The van der Waals surface area contributed by atoms with Crippen molar-refractivity contribution < 1.29 is 14.2 Å². The minimum absolute atomic E-state index is 0.142. The van der Waals surface area contributed by atoms with Gasteiger partial charge in [-0.25, -0.2) is 9.07 Å². The molecule has 0 spiro atoms. The summed E-state index contributed by atoms with van der Waals surface area (Å²) in [5.74, 6) is -0.305. The summed E-state index contributed by atoms with van der Waals surface area (Å²) in [4.78, 5) is 0. The van der Waals surface area contributed by atoms with Crippen molar-refractivity contribution in [2.75, 3.05) is 6.61 Å². The van der Waals surface area contributed by atoms with E-state index in [0.29, 0.717) is 24.4 Å². The van der Waals surface area contributed by atoms with E-state index in [0.717, 1.165) is 0 Å². The summed E-state index contributed by atoms with van der Waals surface area (Å²) in [6.45, 7) is 4.84. The number of nitrogens with zero attached hydrogens (tertiary/aromatic N) is 3. The molecule has 0 saturated carbocycles. The number of rotatable bonds is 5. The fraction of sp³-hybridized carbons (Fsp3) is 0.500. The molecule has 23 heavy (non-hydrogen) atoms. The fourth-order valence-electron chi connectivity index (χ4n) is 2.80. The van der Waals surface area contributed by atoms with Gasteiger partial charge >= 0.3 is 0 Å². The molecule has 1 aliphatic heterocycles. The first-order chi connectivity index (χ1) is 11.0. The van der Waals surface area contributed by atoms with E-state index >= 15 is 0 Å². The first-order valence-corrected chi connectivity index (χ1v) is 7.74. The van der Waals surface area contributed by atoms with Gasteiger partial charge in [-0.05, 0) is 12.1 Å². The molecule has 3 rings (SSSR count). The zero-order valence-corrected chi connectivity index (χ0v) is 13.2. The molecule has 3 atom stereocenters. The van der Waals surface area contributed by atoms with Crippen molar-refractivity contribution in [2.24, 2.45) is 0 Å². The molecule has 2 aromatic rings. The van der Waals surface area contributed by atoms with Crippen LogP contribution in [0, 0.1) is 5.82 Å². The molecular weight excluding hydrogens is 299 g/mol. The van der Waals surface area contributed by atoms with Crippen LogP contribution in [0.25, 0.3) is 11.3 Å². The summed E-state index contributed by atoms with van der Waals surface area (Å²) in [5.41, 5.74) is 1.29. The highest BCUT2D eigenvalue weighted by Gasteiger charge is 2.36. The van der Waals surface area contributed by atoms with Gasteiger partial charge in [-0.15, -0.1) is 5.10 Å². The van der Waals surface area contributed by atoms with E-state index in [-0.39, 0.29) is 24.0 Å². The van der Waals surface area contributed by atoms with Gasteiger partial charge in [0.05, 0.1) is 37.6 Å². The van der Waals surface area contributed by atoms with E-state index in [1.165, 1.54) is 12.1 Å². The van der Waals surface area contributed by atoms with Gasteiger partial charge in [0.1, 0.15) is 11.5 Å². The van der Waals surface area contributed by atoms with Crippen LogP contribution in [-0.4, -0.2) is 51.0 Å². The maximum absolute atomic E-state index is 13.3. The maximum Gasteiger partial charge on any atom is 0.123 e. The quantitative estimate of drug-likeness (QED) is 0.866. The molecule has 1 aromatic carbocycles. The summed E-state index contributed by atoms with van der Waals surface area (Å²) < 4.78 is 20.6. The normalized spacial score (nSPS) is 24.5. The number of halogens is 1. The van der Waals surface area contributed by atoms with Gasteiger partial charge in [0.25, 0.3) is 0 Å². The van der Waals surface area contributed by atoms with Crippen LogP contribution < -0.4 is 5.32 Å². The molecule has 0 unspecified atom stereocenters. The van der Waals surface area contributed by atoms with Crippen LogP contribution in [0.4, 0.5) is 4.39 Å². The molecule has 1 saturated heterocycles. The molecule has 1 fully saturated rings. The number of ether oxygens (including phenoxy) is 1. The molecule has 124 valence electrons. The molecule has 0 radical (unpaired) electrons. The van der Waals surface area contributed by atoms with Crippen molar-refractivity contribution in [1.29, 1.82) is 0 Å². The van der Waals surface area contributed by atoms with Crippen LogP contribution in [0.1, 0.15) is 13.8 Å². The maximum atomic E-state index is 13.3. The predicted octanol–water partition coefficient (Wildman–Crippen LogP) is 1.21. The summed E-state index contributed by atoms with van der Waals surface area (Å²) in [5, 5.41) is 21.5. The molecule has 7 heteroatoms. The number of hydrogen-bond donors (Lipinski definition) is 2. The largest absolute Gasteiger partial charge is 0.389 e. The van der Waals surface area contributed by atoms with Crippen LogP contribution in [0.3, 0.4) is 0 Å². The van der Waals surface area contributed by atoms with Crippen molar-refractivity contribution in [3.63, 3.8) is 0 Å². The van der Waals surface area contributed by atoms with Crippen LogP contribution in [-0.2, 0) is 11.3 Å². The first-order valence-electron chi connectivity index (χ1n) is 7.74. The molecule has 2 heterocycles. The van der Waals surface area contributed by atoms with Crippen molar-refractivity contribution in [3.05, 3.63) is 36.3 Å². The zero-order chi connectivity index (χ0) is 16.4. The Labute approximate surface area is 134 Å². The van der Waals surface area contributed by atoms with Crippen molar-refractivity contribution in [3.8, 4) is 11.3 Å². The molecule has 6 nitrogen and oxygen atoms in total. The number of aromatic nitrogens is 3. The number of benzene rings is 1. The third kappa shape index (κ3) is 3.74. The van der Waals surface area contributed by atoms with Gasteiger partial charge in [-0.1, -0.05) is 31.2 Å². The van der Waals surface area contributed by atoms with E-state index in [1.54, 1.807) is 23.0 Å². The van der Waals surface area contributed by atoms with Crippen LogP contribution in [0.2, 0.25) is 0 Å². The molecular formula is C16H21FN4O2. The minimum atomic E-state index is -0.534. The lowest BCUT2D eigenvalue weighted by Gasteiger charge is -2.23. The Morgan fingerprint density at radius 1 is 1.48 bits per heavy atom. The third-order valence-electron chi connectivity index (χ3n) is 3.85.